The summed E-state index contributed by atoms with van der Waals surface area (Å²) in [5.74, 6) is -0.459. The van der Waals surface area contributed by atoms with Gasteiger partial charge in [0.25, 0.3) is 15.9 Å². The first-order valence-electron chi connectivity index (χ1n) is 11.7. The molecule has 4 aromatic rings. The van der Waals surface area contributed by atoms with Crippen LogP contribution >= 0.6 is 0 Å². The number of hydrogen-bond acceptors (Lipinski definition) is 7. The van der Waals surface area contributed by atoms with Gasteiger partial charge in [0.05, 0.1) is 17.8 Å². The lowest BCUT2D eigenvalue weighted by atomic mass is 10.1. The molecule has 0 fully saturated rings. The van der Waals surface area contributed by atoms with Gasteiger partial charge in [0, 0.05) is 49.9 Å². The van der Waals surface area contributed by atoms with Crippen molar-refractivity contribution in [3.8, 4) is 0 Å². The van der Waals surface area contributed by atoms with Crippen LogP contribution in [0.1, 0.15) is 33.1 Å². The highest BCUT2D eigenvalue weighted by molar-refractivity contribution is 7.89. The third-order valence-electron chi connectivity index (χ3n) is 6.19. The number of fused-ring (bicyclic) bond motifs is 1. The fourth-order valence-electron chi connectivity index (χ4n) is 4.44. The third-order valence-corrected chi connectivity index (χ3v) is 7.00. The number of rotatable bonds is 6. The van der Waals surface area contributed by atoms with E-state index >= 15 is 0 Å². The molecule has 39 heavy (non-hydrogen) atoms. The van der Waals surface area contributed by atoms with Gasteiger partial charge in [0.15, 0.2) is 10.7 Å². The number of pyridine rings is 2. The predicted octanol–water partition coefficient (Wildman–Crippen LogP) is 3.01. The number of aromatic nitrogens is 4. The molecule has 1 aliphatic heterocycles. The smallest absolute Gasteiger partial charge is 0.329 e. The van der Waals surface area contributed by atoms with Gasteiger partial charge in [-0.2, -0.15) is 13.2 Å². The van der Waals surface area contributed by atoms with Crippen molar-refractivity contribution < 1.29 is 26.4 Å². The second-order valence-electron chi connectivity index (χ2n) is 8.78. The van der Waals surface area contributed by atoms with E-state index in [9.17, 15) is 26.4 Å². The average Bonchev–Trinajstić information content (AvgIpc) is 3.30. The summed E-state index contributed by atoms with van der Waals surface area (Å²) >= 11 is 0. The lowest BCUT2D eigenvalue weighted by Gasteiger charge is -2.38. The van der Waals surface area contributed by atoms with Crippen molar-refractivity contribution >= 4 is 21.6 Å². The highest BCUT2D eigenvalue weighted by Gasteiger charge is 2.40. The molecule has 10 nitrogen and oxygen atoms in total. The number of hydrogen-bond donors (Lipinski definition) is 1. The first-order valence-corrected chi connectivity index (χ1v) is 13.2. The number of sulfonamides is 1. The molecule has 0 bridgehead atoms. The summed E-state index contributed by atoms with van der Waals surface area (Å²) < 4.78 is 67.2. The maximum absolute atomic E-state index is 13.7. The summed E-state index contributed by atoms with van der Waals surface area (Å²) in [6.45, 7) is 0.661. The maximum atomic E-state index is 13.7. The number of nitrogens with two attached hydrogens (primary N) is 1. The Morgan fingerprint density at radius 2 is 1.77 bits per heavy atom. The van der Waals surface area contributed by atoms with Gasteiger partial charge in [-0.05, 0) is 23.8 Å². The van der Waals surface area contributed by atoms with E-state index in [1.54, 1.807) is 6.20 Å². The molecule has 0 atom stereocenters. The minimum Gasteiger partial charge on any atom is -0.329 e. The topological polar surface area (TPSA) is 127 Å². The number of amides is 1. The van der Waals surface area contributed by atoms with Gasteiger partial charge in [0.1, 0.15) is 5.82 Å². The summed E-state index contributed by atoms with van der Waals surface area (Å²) in [7, 11) is -4.26. The van der Waals surface area contributed by atoms with Gasteiger partial charge >= 0.3 is 6.18 Å². The SMILES string of the molecule is NS(=O)(=O)c1cc(N(C(=O)c2cccnc2C(F)(F)F)N2CCn3c(Cc4ccccc4)cnc3C2)ccn1. The zero-order valence-electron chi connectivity index (χ0n) is 20.3. The number of hydrazine groups is 1. The van der Waals surface area contributed by atoms with Gasteiger partial charge in [-0.25, -0.2) is 33.5 Å². The number of carbonyl (C=O) groups excluding carboxylic acids is 1. The maximum Gasteiger partial charge on any atom is 0.434 e. The van der Waals surface area contributed by atoms with Crippen LogP contribution in [0.2, 0.25) is 0 Å². The second-order valence-corrected chi connectivity index (χ2v) is 10.3. The molecule has 0 unspecified atom stereocenters. The Labute approximate surface area is 221 Å². The van der Waals surface area contributed by atoms with E-state index in [2.05, 4.69) is 15.0 Å². The highest BCUT2D eigenvalue weighted by Crippen LogP contribution is 2.33. The van der Waals surface area contributed by atoms with Gasteiger partial charge in [-0.15, -0.1) is 0 Å². The molecule has 0 aliphatic carbocycles. The van der Waals surface area contributed by atoms with E-state index in [0.717, 1.165) is 40.8 Å². The fourth-order valence-corrected chi connectivity index (χ4v) is 4.93. The lowest BCUT2D eigenvalue weighted by Crippen LogP contribution is -2.50. The van der Waals surface area contributed by atoms with Crippen LogP contribution < -0.4 is 10.1 Å². The van der Waals surface area contributed by atoms with Crippen LogP contribution in [0.3, 0.4) is 0 Å². The zero-order valence-corrected chi connectivity index (χ0v) is 21.1. The second kappa shape index (κ2) is 10.2. The summed E-state index contributed by atoms with van der Waals surface area (Å²) in [5, 5.41) is 7.19. The van der Waals surface area contributed by atoms with Crippen molar-refractivity contribution in [3.63, 3.8) is 0 Å². The molecule has 0 saturated carbocycles. The number of primary sulfonamides is 1. The molecule has 202 valence electrons. The molecule has 2 N–H and O–H groups in total. The van der Waals surface area contributed by atoms with Crippen LogP contribution in [0.5, 0.6) is 0 Å². The molecule has 4 heterocycles. The van der Waals surface area contributed by atoms with E-state index in [0.29, 0.717) is 18.8 Å². The van der Waals surface area contributed by atoms with Gasteiger partial charge < -0.3 is 4.57 Å². The molecule has 14 heteroatoms. The van der Waals surface area contributed by atoms with E-state index in [1.807, 2.05) is 34.9 Å². The van der Waals surface area contributed by atoms with Gasteiger partial charge in [0.2, 0.25) is 0 Å². The lowest BCUT2D eigenvalue weighted by molar-refractivity contribution is -0.141. The van der Waals surface area contributed by atoms with Crippen molar-refractivity contribution in [1.29, 1.82) is 0 Å². The van der Waals surface area contributed by atoms with Crippen molar-refractivity contribution in [2.75, 3.05) is 11.6 Å². The van der Waals surface area contributed by atoms with E-state index in [1.165, 1.54) is 17.1 Å². The summed E-state index contributed by atoms with van der Waals surface area (Å²) in [6, 6.07) is 14.4. The van der Waals surface area contributed by atoms with Crippen LogP contribution in [0.25, 0.3) is 0 Å². The minimum atomic E-state index is -4.90. The molecule has 0 saturated heterocycles. The van der Waals surface area contributed by atoms with Gasteiger partial charge in [-0.1, -0.05) is 30.3 Å². The van der Waals surface area contributed by atoms with Gasteiger partial charge in [-0.3, -0.25) is 9.78 Å². The summed E-state index contributed by atoms with van der Waals surface area (Å²) in [5.41, 5.74) is -0.0497. The normalized spacial score (nSPS) is 14.2. The Kier molecular flexibility index (Phi) is 6.92. The molecule has 5 rings (SSSR count). The predicted molar refractivity (Wildman–Crippen MR) is 134 cm³/mol. The average molecular weight is 558 g/mol. The summed E-state index contributed by atoms with van der Waals surface area (Å²) in [4.78, 5) is 25.4. The number of alkyl halides is 3. The van der Waals surface area contributed by atoms with Crippen LogP contribution in [0, 0.1) is 0 Å². The van der Waals surface area contributed by atoms with E-state index < -0.39 is 38.4 Å². The zero-order chi connectivity index (χ0) is 27.8. The Bertz CT molecular complexity index is 1630. The van der Waals surface area contributed by atoms with Crippen LogP contribution in [0.4, 0.5) is 18.9 Å². The highest BCUT2D eigenvalue weighted by atomic mass is 32.2. The Balaban J connectivity index is 1.54. The molecule has 3 aromatic heterocycles. The van der Waals surface area contributed by atoms with Crippen molar-refractivity contribution in [1.82, 2.24) is 24.5 Å². The molecular formula is C25H22F3N7O3S. The quantitative estimate of drug-likeness (QED) is 0.386. The summed E-state index contributed by atoms with van der Waals surface area (Å²) in [6.07, 6.45) is -0.477. The molecular weight excluding hydrogens is 535 g/mol. The third kappa shape index (κ3) is 5.53. The van der Waals surface area contributed by atoms with E-state index in [4.69, 9.17) is 5.14 Å². The molecule has 1 amide bonds. The number of benzene rings is 1. The first kappa shape index (κ1) is 26.5. The molecule has 1 aliphatic rings. The number of imidazole rings is 1. The monoisotopic (exact) mass is 557 g/mol. The van der Waals surface area contributed by atoms with E-state index in [-0.39, 0.29) is 18.8 Å². The number of nitrogens with zero attached hydrogens (tertiary/aromatic N) is 6. The Morgan fingerprint density at radius 3 is 2.49 bits per heavy atom. The first-order chi connectivity index (χ1) is 18.5. The Hall–Kier alpha value is -4.14. The minimum absolute atomic E-state index is 0.0273. The van der Waals surface area contributed by atoms with Crippen LogP contribution in [0.15, 0.2) is 78.2 Å². The molecule has 1 aromatic carbocycles. The fraction of sp³-hybridized carbons (Fsp3) is 0.200. The number of halogens is 3. The van der Waals surface area contributed by atoms with Crippen molar-refractivity contribution in [3.05, 3.63) is 102 Å². The van der Waals surface area contributed by atoms with Crippen molar-refractivity contribution in [2.24, 2.45) is 5.14 Å². The van der Waals surface area contributed by atoms with Crippen molar-refractivity contribution in [2.45, 2.75) is 30.7 Å². The largest absolute Gasteiger partial charge is 0.434 e. The number of anilines is 1. The molecule has 0 spiro atoms. The molecule has 0 radical (unpaired) electrons. The van der Waals surface area contributed by atoms with Crippen LogP contribution in [-0.2, 0) is 35.7 Å². The standard InChI is InChI=1S/C25H22F3N7O3S/c26-25(27,28)23-20(7-4-9-31-23)24(36)35(18-8-10-30-22(14-18)39(29,37)38)33-11-12-34-19(15-32-21(34)16-33)13-17-5-2-1-3-6-17/h1-10,14-15H,11-13,16H2,(H2,29,37,38). The Morgan fingerprint density at radius 1 is 1.00 bits per heavy atom. The number of carbonyl (C=O) groups is 1. The van der Waals surface area contributed by atoms with Crippen LogP contribution in [-0.4, -0.2) is 45.4 Å².